The SMILES string of the molecule is NNc1ccnc(COCC2CCCCO2)c1. The Hall–Kier alpha value is -1.17. The molecule has 5 heteroatoms. The largest absolute Gasteiger partial charge is 0.376 e. The van der Waals surface area contributed by atoms with Crippen molar-refractivity contribution in [3.05, 3.63) is 24.0 Å². The van der Waals surface area contributed by atoms with Crippen molar-refractivity contribution in [3.8, 4) is 0 Å². The van der Waals surface area contributed by atoms with Crippen molar-refractivity contribution < 1.29 is 9.47 Å². The second-order valence-corrected chi connectivity index (χ2v) is 4.18. The number of nitrogen functional groups attached to an aromatic ring is 1. The van der Waals surface area contributed by atoms with Crippen LogP contribution in [0, 0.1) is 0 Å². The van der Waals surface area contributed by atoms with Crippen LogP contribution in [-0.2, 0) is 16.1 Å². The summed E-state index contributed by atoms with van der Waals surface area (Å²) in [5, 5.41) is 0. The van der Waals surface area contributed by atoms with Gasteiger partial charge in [0, 0.05) is 12.8 Å². The second-order valence-electron chi connectivity index (χ2n) is 4.18. The van der Waals surface area contributed by atoms with E-state index in [2.05, 4.69) is 10.4 Å². The maximum Gasteiger partial charge on any atom is 0.0889 e. The number of nitrogens with zero attached hydrogens (tertiary/aromatic N) is 1. The molecule has 1 saturated heterocycles. The molecule has 1 atom stereocenters. The summed E-state index contributed by atoms with van der Waals surface area (Å²) in [6.45, 7) is 2.00. The molecule has 0 saturated carbocycles. The van der Waals surface area contributed by atoms with Gasteiger partial charge >= 0.3 is 0 Å². The molecule has 2 rings (SSSR count). The van der Waals surface area contributed by atoms with Crippen LogP contribution in [0.5, 0.6) is 0 Å². The molecule has 0 spiro atoms. The van der Waals surface area contributed by atoms with Crippen LogP contribution in [0.15, 0.2) is 18.3 Å². The molecular weight excluding hydrogens is 218 g/mol. The van der Waals surface area contributed by atoms with Gasteiger partial charge in [0.15, 0.2) is 0 Å². The molecule has 0 aliphatic carbocycles. The van der Waals surface area contributed by atoms with E-state index >= 15 is 0 Å². The minimum Gasteiger partial charge on any atom is -0.376 e. The number of nitrogens with two attached hydrogens (primary N) is 1. The molecule has 0 amide bonds. The minimum atomic E-state index is 0.250. The standard InChI is InChI=1S/C12H19N3O2/c13-15-10-4-5-14-11(7-10)8-16-9-12-3-1-2-6-17-12/h4-5,7,12H,1-3,6,8-9,13H2,(H,14,15). The Kier molecular flexibility index (Phi) is 4.73. The zero-order chi connectivity index (χ0) is 11.9. The van der Waals surface area contributed by atoms with Crippen LogP contribution < -0.4 is 11.3 Å². The maximum absolute atomic E-state index is 5.60. The zero-order valence-electron chi connectivity index (χ0n) is 9.89. The van der Waals surface area contributed by atoms with Gasteiger partial charge in [-0.1, -0.05) is 0 Å². The Balaban J connectivity index is 1.73. The third kappa shape index (κ3) is 3.96. The molecule has 2 heterocycles. The van der Waals surface area contributed by atoms with Crippen molar-refractivity contribution in [2.45, 2.75) is 32.0 Å². The van der Waals surface area contributed by atoms with Crippen LogP contribution >= 0.6 is 0 Å². The lowest BCUT2D eigenvalue weighted by molar-refractivity contribution is -0.0452. The Morgan fingerprint density at radius 3 is 3.24 bits per heavy atom. The zero-order valence-corrected chi connectivity index (χ0v) is 9.89. The summed E-state index contributed by atoms with van der Waals surface area (Å²) >= 11 is 0. The predicted molar refractivity (Wildman–Crippen MR) is 65.3 cm³/mol. The van der Waals surface area contributed by atoms with Gasteiger partial charge in [0.2, 0.25) is 0 Å². The number of pyridine rings is 1. The van der Waals surface area contributed by atoms with E-state index in [9.17, 15) is 0 Å². The number of rotatable bonds is 5. The first-order valence-corrected chi connectivity index (χ1v) is 5.99. The van der Waals surface area contributed by atoms with Gasteiger partial charge in [-0.25, -0.2) is 0 Å². The predicted octanol–water partition coefficient (Wildman–Crippen LogP) is 1.45. The number of hydrogen-bond acceptors (Lipinski definition) is 5. The van der Waals surface area contributed by atoms with E-state index in [4.69, 9.17) is 15.3 Å². The van der Waals surface area contributed by atoms with Crippen molar-refractivity contribution in [1.82, 2.24) is 4.98 Å². The van der Waals surface area contributed by atoms with Gasteiger partial charge < -0.3 is 14.9 Å². The molecule has 3 N–H and O–H groups in total. The van der Waals surface area contributed by atoms with E-state index in [1.54, 1.807) is 6.20 Å². The molecular formula is C12H19N3O2. The van der Waals surface area contributed by atoms with Gasteiger partial charge in [-0.2, -0.15) is 0 Å². The highest BCUT2D eigenvalue weighted by Gasteiger charge is 2.13. The lowest BCUT2D eigenvalue weighted by Crippen LogP contribution is -2.24. The van der Waals surface area contributed by atoms with Crippen molar-refractivity contribution >= 4 is 5.69 Å². The number of hydrogen-bond donors (Lipinski definition) is 2. The molecule has 1 aromatic heterocycles. The van der Waals surface area contributed by atoms with Crippen molar-refractivity contribution in [2.24, 2.45) is 5.84 Å². The van der Waals surface area contributed by atoms with E-state index in [-0.39, 0.29) is 6.10 Å². The fourth-order valence-corrected chi connectivity index (χ4v) is 1.88. The molecule has 0 bridgehead atoms. The van der Waals surface area contributed by atoms with Gasteiger partial charge in [-0.3, -0.25) is 10.8 Å². The van der Waals surface area contributed by atoms with E-state index in [0.29, 0.717) is 13.2 Å². The summed E-state index contributed by atoms with van der Waals surface area (Å²) in [5.74, 6) is 5.33. The summed E-state index contributed by atoms with van der Waals surface area (Å²) in [7, 11) is 0. The average molecular weight is 237 g/mol. The normalized spacial score (nSPS) is 20.2. The van der Waals surface area contributed by atoms with Gasteiger partial charge in [0.25, 0.3) is 0 Å². The molecule has 17 heavy (non-hydrogen) atoms. The third-order valence-corrected chi connectivity index (χ3v) is 2.81. The number of aromatic nitrogens is 1. The Labute approximate surface area is 101 Å². The van der Waals surface area contributed by atoms with Gasteiger partial charge in [0.05, 0.1) is 30.7 Å². The van der Waals surface area contributed by atoms with Crippen LogP contribution in [0.3, 0.4) is 0 Å². The Bertz CT molecular complexity index is 340. The highest BCUT2D eigenvalue weighted by molar-refractivity contribution is 5.41. The van der Waals surface area contributed by atoms with Crippen LogP contribution in [-0.4, -0.2) is 24.3 Å². The van der Waals surface area contributed by atoms with Crippen molar-refractivity contribution in [1.29, 1.82) is 0 Å². The van der Waals surface area contributed by atoms with Gasteiger partial charge in [0.1, 0.15) is 0 Å². The first kappa shape index (κ1) is 12.3. The molecule has 1 unspecified atom stereocenters. The highest BCUT2D eigenvalue weighted by Crippen LogP contribution is 2.13. The maximum atomic E-state index is 5.60. The number of hydrazine groups is 1. The lowest BCUT2D eigenvalue weighted by atomic mass is 10.1. The van der Waals surface area contributed by atoms with E-state index < -0.39 is 0 Å². The fourth-order valence-electron chi connectivity index (χ4n) is 1.88. The van der Waals surface area contributed by atoms with Gasteiger partial charge in [-0.05, 0) is 31.4 Å². The Morgan fingerprint density at radius 1 is 1.53 bits per heavy atom. The monoisotopic (exact) mass is 237 g/mol. The lowest BCUT2D eigenvalue weighted by Gasteiger charge is -2.22. The van der Waals surface area contributed by atoms with Crippen LogP contribution in [0.2, 0.25) is 0 Å². The van der Waals surface area contributed by atoms with Crippen molar-refractivity contribution in [3.63, 3.8) is 0 Å². The van der Waals surface area contributed by atoms with E-state index in [1.165, 1.54) is 12.8 Å². The molecule has 94 valence electrons. The van der Waals surface area contributed by atoms with Crippen LogP contribution in [0.25, 0.3) is 0 Å². The molecule has 5 nitrogen and oxygen atoms in total. The summed E-state index contributed by atoms with van der Waals surface area (Å²) in [6, 6.07) is 3.69. The first-order chi connectivity index (χ1) is 8.38. The minimum absolute atomic E-state index is 0.250. The quantitative estimate of drug-likeness (QED) is 0.599. The highest BCUT2D eigenvalue weighted by atomic mass is 16.5. The molecule has 1 aliphatic rings. The summed E-state index contributed by atoms with van der Waals surface area (Å²) in [5.41, 5.74) is 4.30. The molecule has 0 aromatic carbocycles. The van der Waals surface area contributed by atoms with Gasteiger partial charge in [-0.15, -0.1) is 0 Å². The molecule has 1 aromatic rings. The smallest absolute Gasteiger partial charge is 0.0889 e. The summed E-state index contributed by atoms with van der Waals surface area (Å²) in [4.78, 5) is 4.21. The topological polar surface area (TPSA) is 69.4 Å². The first-order valence-electron chi connectivity index (χ1n) is 5.99. The number of ether oxygens (including phenoxy) is 2. The molecule has 0 radical (unpaired) electrons. The number of anilines is 1. The summed E-state index contributed by atoms with van der Waals surface area (Å²) in [6.07, 6.45) is 5.46. The van der Waals surface area contributed by atoms with Crippen LogP contribution in [0.4, 0.5) is 5.69 Å². The summed E-state index contributed by atoms with van der Waals surface area (Å²) < 4.78 is 11.2. The second kappa shape index (κ2) is 6.54. The third-order valence-electron chi connectivity index (χ3n) is 2.81. The molecule has 1 fully saturated rings. The number of nitrogens with one attached hydrogen (secondary N) is 1. The fraction of sp³-hybridized carbons (Fsp3) is 0.583. The van der Waals surface area contributed by atoms with E-state index in [0.717, 1.165) is 24.4 Å². The van der Waals surface area contributed by atoms with Crippen LogP contribution in [0.1, 0.15) is 25.0 Å². The van der Waals surface area contributed by atoms with E-state index in [1.807, 2.05) is 12.1 Å². The average Bonchev–Trinajstić information content (AvgIpc) is 2.40. The Morgan fingerprint density at radius 2 is 2.47 bits per heavy atom. The molecule has 1 aliphatic heterocycles. The van der Waals surface area contributed by atoms with Crippen molar-refractivity contribution in [2.75, 3.05) is 18.6 Å².